The van der Waals surface area contributed by atoms with Crippen LogP contribution in [0.15, 0.2) is 41.1 Å². The van der Waals surface area contributed by atoms with Crippen molar-refractivity contribution in [2.75, 3.05) is 20.2 Å². The molecule has 8 nitrogen and oxygen atoms in total. The van der Waals surface area contributed by atoms with E-state index >= 15 is 0 Å². The van der Waals surface area contributed by atoms with Crippen molar-refractivity contribution in [3.63, 3.8) is 0 Å². The first-order chi connectivity index (χ1) is 13.6. The van der Waals surface area contributed by atoms with Crippen LogP contribution in [0.5, 0.6) is 5.75 Å². The highest BCUT2D eigenvalue weighted by molar-refractivity contribution is 5.94. The Labute approximate surface area is 162 Å². The molecule has 0 radical (unpaired) electrons. The van der Waals surface area contributed by atoms with Crippen LogP contribution in [0.4, 0.5) is 0 Å². The van der Waals surface area contributed by atoms with E-state index in [0.717, 1.165) is 18.6 Å². The van der Waals surface area contributed by atoms with Crippen LogP contribution in [0.2, 0.25) is 0 Å². The van der Waals surface area contributed by atoms with E-state index in [2.05, 4.69) is 20.2 Å². The number of piperidine rings is 1. The molecular formula is C20H21N5O3. The van der Waals surface area contributed by atoms with E-state index in [1.807, 2.05) is 11.8 Å². The third-order valence-corrected chi connectivity index (χ3v) is 4.86. The number of likely N-dealkylation sites (tertiary alicyclic amines) is 1. The van der Waals surface area contributed by atoms with Gasteiger partial charge in [0.2, 0.25) is 5.89 Å². The molecule has 0 N–H and O–H groups in total. The highest BCUT2D eigenvalue weighted by Gasteiger charge is 2.29. The molecule has 1 aliphatic heterocycles. The summed E-state index contributed by atoms with van der Waals surface area (Å²) in [6.07, 6.45) is 5.12. The van der Waals surface area contributed by atoms with Crippen molar-refractivity contribution in [1.29, 1.82) is 0 Å². The summed E-state index contributed by atoms with van der Waals surface area (Å²) in [6, 6.07) is 7.16. The summed E-state index contributed by atoms with van der Waals surface area (Å²) in [7, 11) is 1.60. The van der Waals surface area contributed by atoms with E-state index in [1.165, 1.54) is 0 Å². The summed E-state index contributed by atoms with van der Waals surface area (Å²) in [5, 5.41) is 8.33. The predicted octanol–water partition coefficient (Wildman–Crippen LogP) is 2.86. The Hall–Kier alpha value is -3.29. The number of benzene rings is 1. The van der Waals surface area contributed by atoms with E-state index in [4.69, 9.17) is 9.15 Å². The lowest BCUT2D eigenvalue weighted by atomic mass is 9.97. The Balaban J connectivity index is 1.47. The van der Waals surface area contributed by atoms with Crippen LogP contribution in [0.1, 0.15) is 40.8 Å². The number of carbonyl (C=O) groups excluding carboxylic acids is 1. The van der Waals surface area contributed by atoms with Crippen molar-refractivity contribution < 1.29 is 13.9 Å². The summed E-state index contributed by atoms with van der Waals surface area (Å²) in [5.74, 6) is 2.37. The summed E-state index contributed by atoms with van der Waals surface area (Å²) in [6.45, 7) is 3.09. The number of carbonyl (C=O) groups is 1. The second-order valence-electron chi connectivity index (χ2n) is 6.78. The van der Waals surface area contributed by atoms with Gasteiger partial charge in [0.05, 0.1) is 18.6 Å². The molecule has 3 heterocycles. The van der Waals surface area contributed by atoms with Crippen molar-refractivity contribution in [3.8, 4) is 17.2 Å². The van der Waals surface area contributed by atoms with Gasteiger partial charge in [0.25, 0.3) is 11.8 Å². The molecule has 0 bridgehead atoms. The number of aromatic nitrogens is 4. The van der Waals surface area contributed by atoms with Gasteiger partial charge in [0.1, 0.15) is 11.6 Å². The molecule has 1 aromatic carbocycles. The normalized spacial score (nSPS) is 16.8. The molecule has 1 amide bonds. The first-order valence-corrected chi connectivity index (χ1v) is 9.20. The van der Waals surface area contributed by atoms with Gasteiger partial charge < -0.3 is 14.1 Å². The standard InChI is InChI=1S/C20H21N5O3/c1-13-21-10-16(11-22-13)19-24-23-18(28-19)15-4-3-9-25(12-15)20(26)14-5-7-17(27-2)8-6-14/h5-8,10-11,15H,3-4,9,12H2,1-2H3/t15-/m0/s1. The van der Waals surface area contributed by atoms with Crippen LogP contribution in [0.3, 0.4) is 0 Å². The molecule has 4 rings (SSSR count). The van der Waals surface area contributed by atoms with Gasteiger partial charge in [-0.2, -0.15) is 0 Å². The number of ether oxygens (including phenoxy) is 1. The predicted molar refractivity (Wildman–Crippen MR) is 101 cm³/mol. The Morgan fingerprint density at radius 2 is 1.93 bits per heavy atom. The first-order valence-electron chi connectivity index (χ1n) is 9.20. The van der Waals surface area contributed by atoms with Gasteiger partial charge in [0.15, 0.2) is 0 Å². The van der Waals surface area contributed by atoms with Crippen molar-refractivity contribution in [1.82, 2.24) is 25.1 Å². The maximum absolute atomic E-state index is 12.8. The van der Waals surface area contributed by atoms with Crippen LogP contribution in [-0.2, 0) is 0 Å². The van der Waals surface area contributed by atoms with Crippen LogP contribution >= 0.6 is 0 Å². The number of hydrogen-bond donors (Lipinski definition) is 0. The van der Waals surface area contributed by atoms with Gasteiger partial charge in [-0.15, -0.1) is 10.2 Å². The van der Waals surface area contributed by atoms with Crippen molar-refractivity contribution in [2.24, 2.45) is 0 Å². The van der Waals surface area contributed by atoms with Gasteiger partial charge in [-0.3, -0.25) is 4.79 Å². The average Bonchev–Trinajstić information content (AvgIpc) is 3.24. The monoisotopic (exact) mass is 379 g/mol. The van der Waals surface area contributed by atoms with Crippen molar-refractivity contribution >= 4 is 5.91 Å². The molecule has 0 spiro atoms. The van der Waals surface area contributed by atoms with Crippen molar-refractivity contribution in [2.45, 2.75) is 25.7 Å². The molecule has 28 heavy (non-hydrogen) atoms. The summed E-state index contributed by atoms with van der Waals surface area (Å²) >= 11 is 0. The molecule has 1 atom stereocenters. The number of hydrogen-bond acceptors (Lipinski definition) is 7. The highest BCUT2D eigenvalue weighted by atomic mass is 16.5. The van der Waals surface area contributed by atoms with Crippen molar-refractivity contribution in [3.05, 3.63) is 53.9 Å². The molecule has 144 valence electrons. The smallest absolute Gasteiger partial charge is 0.253 e. The zero-order valence-corrected chi connectivity index (χ0v) is 15.8. The second kappa shape index (κ2) is 7.75. The van der Waals surface area contributed by atoms with Gasteiger partial charge in [-0.25, -0.2) is 9.97 Å². The quantitative estimate of drug-likeness (QED) is 0.688. The second-order valence-corrected chi connectivity index (χ2v) is 6.78. The molecule has 1 fully saturated rings. The lowest BCUT2D eigenvalue weighted by Gasteiger charge is -2.31. The van der Waals surface area contributed by atoms with Gasteiger partial charge >= 0.3 is 0 Å². The van der Waals surface area contributed by atoms with Gasteiger partial charge in [-0.1, -0.05) is 0 Å². The zero-order chi connectivity index (χ0) is 19.5. The minimum absolute atomic E-state index is 0.000901. The maximum Gasteiger partial charge on any atom is 0.253 e. The van der Waals surface area contributed by atoms with Gasteiger partial charge in [0, 0.05) is 31.0 Å². The van der Waals surface area contributed by atoms with Gasteiger partial charge in [-0.05, 0) is 44.0 Å². The highest BCUT2D eigenvalue weighted by Crippen LogP contribution is 2.29. The fraction of sp³-hybridized carbons (Fsp3) is 0.350. The molecule has 8 heteroatoms. The molecule has 2 aromatic heterocycles. The van der Waals surface area contributed by atoms with E-state index < -0.39 is 0 Å². The Morgan fingerprint density at radius 1 is 1.18 bits per heavy atom. The summed E-state index contributed by atoms with van der Waals surface area (Å²) in [5.41, 5.74) is 1.33. The average molecular weight is 379 g/mol. The minimum Gasteiger partial charge on any atom is -0.497 e. The maximum atomic E-state index is 12.8. The van der Waals surface area contributed by atoms with E-state index in [0.29, 0.717) is 41.8 Å². The lowest BCUT2D eigenvalue weighted by molar-refractivity contribution is 0.0698. The zero-order valence-electron chi connectivity index (χ0n) is 15.8. The molecular weight excluding hydrogens is 358 g/mol. The van der Waals surface area contributed by atoms with Crippen LogP contribution in [0, 0.1) is 6.92 Å². The third kappa shape index (κ3) is 3.71. The Kier molecular flexibility index (Phi) is 5.01. The van der Waals surface area contributed by atoms with E-state index in [9.17, 15) is 4.79 Å². The Morgan fingerprint density at radius 3 is 2.64 bits per heavy atom. The lowest BCUT2D eigenvalue weighted by Crippen LogP contribution is -2.39. The Bertz CT molecular complexity index is 953. The van der Waals surface area contributed by atoms with Crippen LogP contribution < -0.4 is 4.74 Å². The topological polar surface area (TPSA) is 94.2 Å². The summed E-state index contributed by atoms with van der Waals surface area (Å²) < 4.78 is 11.0. The van der Waals surface area contributed by atoms with Crippen LogP contribution in [0.25, 0.3) is 11.5 Å². The molecule has 0 saturated carbocycles. The number of nitrogens with zero attached hydrogens (tertiary/aromatic N) is 5. The molecule has 0 unspecified atom stereocenters. The van der Waals surface area contributed by atoms with E-state index in [1.54, 1.807) is 43.8 Å². The number of methoxy groups -OCH3 is 1. The van der Waals surface area contributed by atoms with E-state index in [-0.39, 0.29) is 11.8 Å². The molecule has 1 saturated heterocycles. The molecule has 1 aliphatic rings. The summed E-state index contributed by atoms with van der Waals surface area (Å²) in [4.78, 5) is 23.0. The van der Waals surface area contributed by atoms with Crippen LogP contribution in [-0.4, -0.2) is 51.2 Å². The SMILES string of the molecule is COc1ccc(C(=O)N2CCC[C@H](c3nnc(-c4cnc(C)nc4)o3)C2)cc1. The fourth-order valence-corrected chi connectivity index (χ4v) is 3.30. The number of amides is 1. The molecule has 0 aliphatic carbocycles. The molecule has 3 aromatic rings. The largest absolute Gasteiger partial charge is 0.497 e. The number of aryl methyl sites for hydroxylation is 1. The first kappa shape index (κ1) is 18.1. The third-order valence-electron chi connectivity index (χ3n) is 4.86. The number of rotatable bonds is 4. The fourth-order valence-electron chi connectivity index (χ4n) is 3.30. The minimum atomic E-state index is -0.000901.